The molecule has 1 aromatic carbocycles. The van der Waals surface area contributed by atoms with Crippen LogP contribution in [0.15, 0.2) is 36.4 Å². The summed E-state index contributed by atoms with van der Waals surface area (Å²) in [7, 11) is 0. The zero-order chi connectivity index (χ0) is 14.8. The molecule has 106 valence electrons. The molecule has 4 nitrogen and oxygen atoms in total. The summed E-state index contributed by atoms with van der Waals surface area (Å²) in [6.07, 6.45) is 0.223. The van der Waals surface area contributed by atoms with E-state index >= 15 is 0 Å². The second kappa shape index (κ2) is 5.55. The lowest BCUT2D eigenvalue weighted by Crippen LogP contribution is -2.24. The average molecular weight is 279 g/mol. The summed E-state index contributed by atoms with van der Waals surface area (Å²) in [5.74, 6) is 0.793. The lowest BCUT2D eigenvalue weighted by atomic mass is 10.0. The third-order valence-corrected chi connectivity index (χ3v) is 3.96. The second-order valence-electron chi connectivity index (χ2n) is 5.37. The van der Waals surface area contributed by atoms with Gasteiger partial charge in [-0.3, -0.25) is 0 Å². The van der Waals surface area contributed by atoms with Crippen molar-refractivity contribution in [3.8, 4) is 6.07 Å². The Labute approximate surface area is 124 Å². The van der Waals surface area contributed by atoms with Crippen LogP contribution in [0, 0.1) is 18.3 Å². The predicted octanol–water partition coefficient (Wildman–Crippen LogP) is 2.71. The number of hydrogen-bond donors (Lipinski definition) is 1. The van der Waals surface area contributed by atoms with E-state index < -0.39 is 6.10 Å². The van der Waals surface area contributed by atoms with Crippen LogP contribution in [0.1, 0.15) is 34.9 Å². The highest BCUT2D eigenvalue weighted by Gasteiger charge is 2.21. The fraction of sp³-hybridized carbons (Fsp3) is 0.294. The molecule has 2 aromatic rings. The number of aromatic nitrogens is 1. The smallest absolute Gasteiger partial charge is 0.145 e. The summed E-state index contributed by atoms with van der Waals surface area (Å²) >= 11 is 0. The van der Waals surface area contributed by atoms with Crippen molar-refractivity contribution in [2.24, 2.45) is 0 Å². The van der Waals surface area contributed by atoms with E-state index in [9.17, 15) is 5.11 Å². The highest BCUT2D eigenvalue weighted by Crippen LogP contribution is 2.28. The molecule has 0 amide bonds. The van der Waals surface area contributed by atoms with Gasteiger partial charge in [0.1, 0.15) is 17.6 Å². The molecule has 3 rings (SSSR count). The van der Waals surface area contributed by atoms with Gasteiger partial charge in [-0.25, -0.2) is 4.98 Å². The van der Waals surface area contributed by atoms with Crippen molar-refractivity contribution in [2.75, 3.05) is 11.4 Å². The van der Waals surface area contributed by atoms with Crippen molar-refractivity contribution in [3.05, 3.63) is 58.8 Å². The Hall–Kier alpha value is -2.38. The zero-order valence-corrected chi connectivity index (χ0v) is 12.0. The number of aliphatic hydroxyl groups is 1. The largest absolute Gasteiger partial charge is 0.388 e. The number of fused-ring (bicyclic) bond motifs is 1. The molecule has 0 spiro atoms. The average Bonchev–Trinajstić information content (AvgIpc) is 2.68. The maximum atomic E-state index is 10.3. The summed E-state index contributed by atoms with van der Waals surface area (Å²) in [4.78, 5) is 6.56. The fourth-order valence-electron chi connectivity index (χ4n) is 2.72. The Bertz CT molecular complexity index is 705. The van der Waals surface area contributed by atoms with Crippen LogP contribution in [0.4, 0.5) is 5.82 Å². The Kier molecular flexibility index (Phi) is 3.59. The van der Waals surface area contributed by atoms with E-state index in [1.165, 1.54) is 0 Å². The number of hydrogen-bond acceptors (Lipinski definition) is 4. The fourth-order valence-corrected chi connectivity index (χ4v) is 2.72. The van der Waals surface area contributed by atoms with E-state index in [-0.39, 0.29) is 0 Å². The molecule has 0 saturated heterocycles. The van der Waals surface area contributed by atoms with Gasteiger partial charge in [-0.15, -0.1) is 0 Å². The quantitative estimate of drug-likeness (QED) is 0.872. The minimum absolute atomic E-state index is 0.438. The van der Waals surface area contributed by atoms with Crippen molar-refractivity contribution in [1.82, 2.24) is 4.98 Å². The number of nitriles is 1. The number of pyridine rings is 1. The van der Waals surface area contributed by atoms with Gasteiger partial charge in [0.15, 0.2) is 0 Å². The lowest BCUT2D eigenvalue weighted by Gasteiger charge is -2.22. The molecule has 1 aromatic heterocycles. The Morgan fingerprint density at radius 2 is 2.10 bits per heavy atom. The summed E-state index contributed by atoms with van der Waals surface area (Å²) in [5.41, 5.74) is 3.46. The van der Waals surface area contributed by atoms with Crippen LogP contribution >= 0.6 is 0 Å². The third-order valence-electron chi connectivity index (χ3n) is 3.96. The van der Waals surface area contributed by atoms with Crippen LogP contribution in [0.2, 0.25) is 0 Å². The van der Waals surface area contributed by atoms with Crippen molar-refractivity contribution >= 4 is 5.82 Å². The number of aliphatic hydroxyl groups excluding tert-OH is 1. The molecular weight excluding hydrogens is 262 g/mol. The first-order valence-corrected chi connectivity index (χ1v) is 7.07. The second-order valence-corrected chi connectivity index (χ2v) is 5.37. The molecule has 1 aliphatic rings. The predicted molar refractivity (Wildman–Crippen MR) is 80.8 cm³/mol. The number of anilines is 1. The van der Waals surface area contributed by atoms with Gasteiger partial charge in [-0.05, 0) is 36.1 Å². The van der Waals surface area contributed by atoms with Gasteiger partial charge >= 0.3 is 0 Å². The first kappa shape index (κ1) is 13.6. The molecule has 0 aliphatic carbocycles. The summed E-state index contributed by atoms with van der Waals surface area (Å²) in [6, 6.07) is 14.0. The minimum atomic E-state index is -0.438. The van der Waals surface area contributed by atoms with Crippen molar-refractivity contribution in [3.63, 3.8) is 0 Å². The van der Waals surface area contributed by atoms with Gasteiger partial charge < -0.3 is 10.0 Å². The highest BCUT2D eigenvalue weighted by molar-refractivity contribution is 5.47. The van der Waals surface area contributed by atoms with Crippen LogP contribution in [-0.2, 0) is 6.54 Å². The van der Waals surface area contributed by atoms with Gasteiger partial charge in [0.05, 0.1) is 6.10 Å². The molecular formula is C17H17N3O. The normalized spacial score (nSPS) is 17.8. The van der Waals surface area contributed by atoms with Crippen LogP contribution in [0.3, 0.4) is 0 Å². The molecule has 0 fully saturated rings. The molecule has 1 aliphatic heterocycles. The van der Waals surface area contributed by atoms with E-state index in [1.54, 1.807) is 0 Å². The molecule has 1 unspecified atom stereocenters. The van der Waals surface area contributed by atoms with E-state index in [0.29, 0.717) is 18.7 Å². The van der Waals surface area contributed by atoms with E-state index in [1.807, 2.05) is 43.3 Å². The molecule has 0 bridgehead atoms. The van der Waals surface area contributed by atoms with Gasteiger partial charge in [0, 0.05) is 13.1 Å². The van der Waals surface area contributed by atoms with Gasteiger partial charge in [-0.2, -0.15) is 5.26 Å². The van der Waals surface area contributed by atoms with Crippen LogP contribution < -0.4 is 4.90 Å². The summed E-state index contributed by atoms with van der Waals surface area (Å²) in [6.45, 7) is 3.31. The monoisotopic (exact) mass is 279 g/mol. The molecule has 21 heavy (non-hydrogen) atoms. The van der Waals surface area contributed by atoms with Crippen molar-refractivity contribution in [2.45, 2.75) is 26.0 Å². The molecule has 0 radical (unpaired) electrons. The Balaban J connectivity index is 1.96. The molecule has 1 N–H and O–H groups in total. The molecule has 0 saturated carbocycles. The summed E-state index contributed by atoms with van der Waals surface area (Å²) < 4.78 is 0. The first-order chi connectivity index (χ1) is 10.2. The van der Waals surface area contributed by atoms with Gasteiger partial charge in [-0.1, -0.05) is 30.3 Å². The third kappa shape index (κ3) is 2.61. The number of nitrogens with zero attached hydrogens (tertiary/aromatic N) is 3. The SMILES string of the molecule is Cc1ccc(N2CCC(O)c3ccccc3C2)nc1C#N. The van der Waals surface area contributed by atoms with Gasteiger partial charge in [0.25, 0.3) is 0 Å². The Morgan fingerprint density at radius 3 is 2.90 bits per heavy atom. The van der Waals surface area contributed by atoms with Crippen LogP contribution in [-0.4, -0.2) is 16.6 Å². The first-order valence-electron chi connectivity index (χ1n) is 7.07. The van der Waals surface area contributed by atoms with Crippen LogP contribution in [0.5, 0.6) is 0 Å². The van der Waals surface area contributed by atoms with E-state index in [4.69, 9.17) is 5.26 Å². The van der Waals surface area contributed by atoms with Crippen LogP contribution in [0.25, 0.3) is 0 Å². The van der Waals surface area contributed by atoms with E-state index in [2.05, 4.69) is 16.0 Å². The van der Waals surface area contributed by atoms with Crippen molar-refractivity contribution in [1.29, 1.82) is 5.26 Å². The maximum absolute atomic E-state index is 10.3. The van der Waals surface area contributed by atoms with Crippen molar-refractivity contribution < 1.29 is 5.11 Å². The standard InChI is InChI=1S/C17H17N3O/c1-12-6-7-17(19-15(12)10-18)20-9-8-16(21)14-5-3-2-4-13(14)11-20/h2-7,16,21H,8-9,11H2,1H3. The lowest BCUT2D eigenvalue weighted by molar-refractivity contribution is 0.171. The highest BCUT2D eigenvalue weighted by atomic mass is 16.3. The molecule has 4 heteroatoms. The maximum Gasteiger partial charge on any atom is 0.145 e. The molecule has 1 atom stereocenters. The number of benzene rings is 1. The van der Waals surface area contributed by atoms with E-state index in [0.717, 1.165) is 29.1 Å². The summed E-state index contributed by atoms with van der Waals surface area (Å²) in [5, 5.41) is 19.4. The Morgan fingerprint density at radius 1 is 1.29 bits per heavy atom. The number of rotatable bonds is 1. The van der Waals surface area contributed by atoms with Gasteiger partial charge in [0.2, 0.25) is 0 Å². The minimum Gasteiger partial charge on any atom is -0.388 e. The zero-order valence-electron chi connectivity index (χ0n) is 12.0. The topological polar surface area (TPSA) is 60.1 Å². The molecule has 2 heterocycles. The number of aryl methyl sites for hydroxylation is 1.